The molecule has 110 valence electrons. The van der Waals surface area contributed by atoms with Crippen LogP contribution >= 0.6 is 0 Å². The van der Waals surface area contributed by atoms with Gasteiger partial charge >= 0.3 is 0 Å². The van der Waals surface area contributed by atoms with E-state index in [1.54, 1.807) is 4.68 Å². The van der Waals surface area contributed by atoms with E-state index in [9.17, 15) is 5.26 Å². The number of hydrogen-bond donors (Lipinski definition) is 2. The summed E-state index contributed by atoms with van der Waals surface area (Å²) in [6.07, 6.45) is 2.13. The summed E-state index contributed by atoms with van der Waals surface area (Å²) < 4.78 is 1.68. The highest BCUT2D eigenvalue weighted by Crippen LogP contribution is 2.21. The highest BCUT2D eigenvalue weighted by Gasteiger charge is 2.15. The van der Waals surface area contributed by atoms with Gasteiger partial charge in [0.25, 0.3) is 0 Å². The summed E-state index contributed by atoms with van der Waals surface area (Å²) in [7, 11) is 0. The van der Waals surface area contributed by atoms with E-state index in [1.165, 1.54) is 5.56 Å². The van der Waals surface area contributed by atoms with Gasteiger partial charge in [-0.15, -0.1) is 0 Å². The molecule has 5 nitrogen and oxygen atoms in total. The van der Waals surface area contributed by atoms with Gasteiger partial charge in [-0.1, -0.05) is 43.2 Å². The van der Waals surface area contributed by atoms with Gasteiger partial charge < -0.3 is 11.1 Å². The third-order valence-electron chi connectivity index (χ3n) is 3.38. The fourth-order valence-corrected chi connectivity index (χ4v) is 2.08. The van der Waals surface area contributed by atoms with Crippen LogP contribution in [0.1, 0.15) is 36.5 Å². The quantitative estimate of drug-likeness (QED) is 0.799. The van der Waals surface area contributed by atoms with Gasteiger partial charge in [0.05, 0.1) is 6.54 Å². The monoisotopic (exact) mass is 283 g/mol. The lowest BCUT2D eigenvalue weighted by Gasteiger charge is -2.04. The summed E-state index contributed by atoms with van der Waals surface area (Å²) in [5.74, 6) is 0.993. The second-order valence-corrected chi connectivity index (χ2v) is 5.14. The first-order chi connectivity index (χ1) is 10.2. The Kier molecular flexibility index (Phi) is 4.83. The molecule has 0 radical (unpaired) electrons. The van der Waals surface area contributed by atoms with Crippen molar-refractivity contribution in [1.82, 2.24) is 9.78 Å². The van der Waals surface area contributed by atoms with E-state index in [0.29, 0.717) is 23.7 Å². The molecule has 1 aromatic carbocycles. The molecule has 0 aliphatic rings. The first kappa shape index (κ1) is 14.9. The maximum atomic E-state index is 9.25. The molecule has 3 N–H and O–H groups in total. The first-order valence-electron chi connectivity index (χ1n) is 7.21. The van der Waals surface area contributed by atoms with Crippen LogP contribution < -0.4 is 11.1 Å². The number of benzene rings is 1. The largest absolute Gasteiger partial charge is 0.383 e. The van der Waals surface area contributed by atoms with Crippen LogP contribution in [0.2, 0.25) is 0 Å². The molecule has 0 atom stereocenters. The summed E-state index contributed by atoms with van der Waals surface area (Å²) >= 11 is 0. The minimum Gasteiger partial charge on any atom is -0.383 e. The average Bonchev–Trinajstić information content (AvgIpc) is 2.77. The third-order valence-corrected chi connectivity index (χ3v) is 3.38. The van der Waals surface area contributed by atoms with Crippen LogP contribution in [0.3, 0.4) is 0 Å². The molecule has 0 aliphatic carbocycles. The third kappa shape index (κ3) is 3.54. The molecule has 2 aromatic rings. The zero-order valence-electron chi connectivity index (χ0n) is 12.6. The maximum absolute atomic E-state index is 9.25. The molecule has 2 rings (SSSR count). The Balaban J connectivity index is 2.20. The highest BCUT2D eigenvalue weighted by molar-refractivity contribution is 5.63. The van der Waals surface area contributed by atoms with Gasteiger partial charge in [0, 0.05) is 6.54 Å². The van der Waals surface area contributed by atoms with Crippen molar-refractivity contribution in [1.29, 1.82) is 5.26 Å². The number of aromatic nitrogens is 2. The average molecular weight is 283 g/mol. The van der Waals surface area contributed by atoms with E-state index in [1.807, 2.05) is 12.1 Å². The summed E-state index contributed by atoms with van der Waals surface area (Å²) in [6, 6.07) is 10.3. The van der Waals surface area contributed by atoms with E-state index >= 15 is 0 Å². The molecule has 1 aromatic heterocycles. The smallest absolute Gasteiger partial charge is 0.168 e. The lowest BCUT2D eigenvalue weighted by Crippen LogP contribution is -2.07. The molecule has 0 saturated carbocycles. The number of rotatable bonds is 6. The fraction of sp³-hybridized carbons (Fsp3) is 0.375. The van der Waals surface area contributed by atoms with Gasteiger partial charge in [0.2, 0.25) is 0 Å². The molecule has 0 saturated heterocycles. The Labute approximate surface area is 125 Å². The molecule has 0 aliphatic heterocycles. The van der Waals surface area contributed by atoms with Gasteiger partial charge in [-0.3, -0.25) is 0 Å². The Morgan fingerprint density at radius 1 is 1.33 bits per heavy atom. The Morgan fingerprint density at radius 2 is 2.05 bits per heavy atom. The zero-order chi connectivity index (χ0) is 15.2. The van der Waals surface area contributed by atoms with Crippen molar-refractivity contribution in [2.24, 2.45) is 0 Å². The van der Waals surface area contributed by atoms with Gasteiger partial charge in [-0.2, -0.15) is 10.4 Å². The van der Waals surface area contributed by atoms with Gasteiger partial charge in [0.1, 0.15) is 17.5 Å². The number of anilines is 2. The predicted molar refractivity (Wildman–Crippen MR) is 85.0 cm³/mol. The minimum absolute atomic E-state index is 0.414. The Bertz CT molecular complexity index is 634. The maximum Gasteiger partial charge on any atom is 0.168 e. The van der Waals surface area contributed by atoms with Crippen molar-refractivity contribution >= 4 is 11.6 Å². The standard InChI is InChI=1S/C16H21N5/c1-3-4-9-19-16-14(10-17)15(18)21(20-16)11-13-7-5-12(2)6-8-13/h5-8H,3-4,9,11,18H2,1-2H3,(H,19,20). The second kappa shape index (κ2) is 6.80. The lowest BCUT2D eigenvalue weighted by atomic mass is 10.1. The summed E-state index contributed by atoms with van der Waals surface area (Å²) in [5, 5.41) is 16.9. The summed E-state index contributed by atoms with van der Waals surface area (Å²) in [4.78, 5) is 0. The van der Waals surface area contributed by atoms with E-state index in [4.69, 9.17) is 5.73 Å². The van der Waals surface area contributed by atoms with E-state index in [-0.39, 0.29) is 0 Å². The van der Waals surface area contributed by atoms with Crippen molar-refractivity contribution in [3.8, 4) is 6.07 Å². The van der Waals surface area contributed by atoms with Crippen molar-refractivity contribution < 1.29 is 0 Å². The molecule has 21 heavy (non-hydrogen) atoms. The topological polar surface area (TPSA) is 79.7 Å². The molecule has 0 bridgehead atoms. The fourth-order valence-electron chi connectivity index (χ4n) is 2.08. The number of nitrogens with one attached hydrogen (secondary N) is 1. The van der Waals surface area contributed by atoms with Crippen LogP contribution in [0.4, 0.5) is 11.6 Å². The molecule has 0 amide bonds. The Morgan fingerprint density at radius 3 is 2.67 bits per heavy atom. The molecule has 0 unspecified atom stereocenters. The van der Waals surface area contributed by atoms with E-state index in [2.05, 4.69) is 42.5 Å². The van der Waals surface area contributed by atoms with Crippen LogP contribution in [0.15, 0.2) is 24.3 Å². The summed E-state index contributed by atoms with van der Waals surface area (Å²) in [5.41, 5.74) is 8.79. The zero-order valence-corrected chi connectivity index (χ0v) is 12.6. The van der Waals surface area contributed by atoms with Crippen LogP contribution in [-0.4, -0.2) is 16.3 Å². The predicted octanol–water partition coefficient (Wildman–Crippen LogP) is 2.91. The molecule has 0 spiro atoms. The van der Waals surface area contributed by atoms with Gasteiger partial charge in [0.15, 0.2) is 5.82 Å². The SMILES string of the molecule is CCCCNc1nn(Cc2ccc(C)cc2)c(N)c1C#N. The van der Waals surface area contributed by atoms with Crippen molar-refractivity contribution in [3.63, 3.8) is 0 Å². The number of unbranched alkanes of at least 4 members (excludes halogenated alkanes) is 1. The van der Waals surface area contributed by atoms with E-state index < -0.39 is 0 Å². The van der Waals surface area contributed by atoms with E-state index in [0.717, 1.165) is 24.9 Å². The number of nitrogens with two attached hydrogens (primary N) is 1. The number of nitriles is 1. The van der Waals surface area contributed by atoms with Crippen molar-refractivity contribution in [3.05, 3.63) is 41.0 Å². The van der Waals surface area contributed by atoms with Crippen LogP contribution in [0.5, 0.6) is 0 Å². The van der Waals surface area contributed by atoms with Crippen LogP contribution in [0.25, 0.3) is 0 Å². The van der Waals surface area contributed by atoms with Gasteiger partial charge in [-0.25, -0.2) is 4.68 Å². The van der Waals surface area contributed by atoms with Gasteiger partial charge in [-0.05, 0) is 18.9 Å². The second-order valence-electron chi connectivity index (χ2n) is 5.14. The molecular weight excluding hydrogens is 262 g/mol. The number of nitrogens with zero attached hydrogens (tertiary/aromatic N) is 3. The number of nitrogen functional groups attached to an aromatic ring is 1. The van der Waals surface area contributed by atoms with Crippen molar-refractivity contribution in [2.75, 3.05) is 17.6 Å². The minimum atomic E-state index is 0.414. The van der Waals surface area contributed by atoms with Crippen LogP contribution in [0, 0.1) is 18.3 Å². The molecular formula is C16H21N5. The Hall–Kier alpha value is -2.48. The summed E-state index contributed by atoms with van der Waals surface area (Å²) in [6.45, 7) is 5.54. The lowest BCUT2D eigenvalue weighted by molar-refractivity contribution is 0.697. The van der Waals surface area contributed by atoms with Crippen LogP contribution in [-0.2, 0) is 6.54 Å². The molecule has 0 fully saturated rings. The number of hydrogen-bond acceptors (Lipinski definition) is 4. The normalized spacial score (nSPS) is 10.3. The number of aryl methyl sites for hydroxylation is 1. The van der Waals surface area contributed by atoms with Crippen molar-refractivity contribution in [2.45, 2.75) is 33.2 Å². The first-order valence-corrected chi connectivity index (χ1v) is 7.21. The molecule has 1 heterocycles. The molecule has 5 heteroatoms. The highest BCUT2D eigenvalue weighted by atomic mass is 15.3.